The summed E-state index contributed by atoms with van der Waals surface area (Å²) < 4.78 is 0. The molecule has 1 N–H and O–H groups in total. The third-order valence-corrected chi connectivity index (χ3v) is 6.37. The van der Waals surface area contributed by atoms with Gasteiger partial charge in [0, 0.05) is 31.2 Å². The molecule has 21 heavy (non-hydrogen) atoms. The first-order valence-corrected chi connectivity index (χ1v) is 9.68. The Kier molecular flexibility index (Phi) is 5.27. The molecule has 1 spiro atoms. The van der Waals surface area contributed by atoms with Crippen molar-refractivity contribution < 1.29 is 0 Å². The first kappa shape index (κ1) is 15.8. The van der Waals surface area contributed by atoms with E-state index >= 15 is 0 Å². The molecule has 2 heteroatoms. The van der Waals surface area contributed by atoms with Crippen molar-refractivity contribution in [3.63, 3.8) is 0 Å². The van der Waals surface area contributed by atoms with E-state index in [1.54, 1.807) is 0 Å². The van der Waals surface area contributed by atoms with Crippen molar-refractivity contribution in [1.29, 1.82) is 0 Å². The molecule has 3 rings (SSSR count). The molecule has 0 aromatic rings. The monoisotopic (exact) mass is 292 g/mol. The Labute approximate surface area is 132 Å². The van der Waals surface area contributed by atoms with E-state index in [1.807, 2.05) is 0 Å². The van der Waals surface area contributed by atoms with Gasteiger partial charge in [-0.15, -0.1) is 0 Å². The summed E-state index contributed by atoms with van der Waals surface area (Å²) in [6.45, 7) is 8.69. The van der Waals surface area contributed by atoms with Gasteiger partial charge in [-0.3, -0.25) is 4.90 Å². The van der Waals surface area contributed by atoms with Crippen LogP contribution in [0.15, 0.2) is 0 Å². The quantitative estimate of drug-likeness (QED) is 0.838. The summed E-state index contributed by atoms with van der Waals surface area (Å²) in [4.78, 5) is 2.92. The lowest BCUT2D eigenvalue weighted by molar-refractivity contribution is -0.0113. The summed E-state index contributed by atoms with van der Waals surface area (Å²) in [7, 11) is 0. The third-order valence-electron chi connectivity index (χ3n) is 6.37. The van der Waals surface area contributed by atoms with E-state index in [2.05, 4.69) is 24.1 Å². The molecule has 1 saturated heterocycles. The average Bonchev–Trinajstić information content (AvgIpc) is 2.51. The number of rotatable bonds is 3. The van der Waals surface area contributed by atoms with Gasteiger partial charge in [0.2, 0.25) is 0 Å². The van der Waals surface area contributed by atoms with Crippen LogP contribution in [-0.4, -0.2) is 36.1 Å². The van der Waals surface area contributed by atoms with Crippen molar-refractivity contribution in [2.24, 2.45) is 11.8 Å². The molecule has 2 nitrogen and oxygen atoms in total. The van der Waals surface area contributed by atoms with E-state index in [1.165, 1.54) is 83.8 Å². The van der Waals surface area contributed by atoms with Crippen LogP contribution in [0.5, 0.6) is 0 Å². The maximum atomic E-state index is 4.01. The Balaban J connectivity index is 1.67. The van der Waals surface area contributed by atoms with Crippen LogP contribution in [-0.2, 0) is 0 Å². The second-order valence-electron chi connectivity index (χ2n) is 8.47. The molecule has 3 fully saturated rings. The minimum Gasteiger partial charge on any atom is -0.311 e. The van der Waals surface area contributed by atoms with Crippen molar-refractivity contribution >= 4 is 0 Å². The van der Waals surface area contributed by atoms with Crippen molar-refractivity contribution in [1.82, 2.24) is 10.2 Å². The highest BCUT2D eigenvalue weighted by molar-refractivity contribution is 5.02. The van der Waals surface area contributed by atoms with Crippen molar-refractivity contribution in [2.45, 2.75) is 89.6 Å². The van der Waals surface area contributed by atoms with Crippen molar-refractivity contribution in [3.8, 4) is 0 Å². The summed E-state index contributed by atoms with van der Waals surface area (Å²) in [6, 6.07) is 0.775. The van der Waals surface area contributed by atoms with Crippen LogP contribution >= 0.6 is 0 Å². The fraction of sp³-hybridized carbons (Fsp3) is 1.00. The van der Waals surface area contributed by atoms with Crippen molar-refractivity contribution in [2.75, 3.05) is 19.6 Å². The SMILES string of the molecule is CC(C)CN1CC(C2CCCCC2)NCC12CCCCC2. The van der Waals surface area contributed by atoms with Crippen LogP contribution in [0.3, 0.4) is 0 Å². The first-order chi connectivity index (χ1) is 10.2. The standard InChI is InChI=1S/C19H36N2/c1-16(2)13-21-14-18(17-9-5-3-6-10-17)20-15-19(21)11-7-4-8-12-19/h16-18,20H,3-15H2,1-2H3. The van der Waals surface area contributed by atoms with Crippen LogP contribution in [0.25, 0.3) is 0 Å². The lowest BCUT2D eigenvalue weighted by atomic mass is 9.75. The van der Waals surface area contributed by atoms with Gasteiger partial charge in [0.15, 0.2) is 0 Å². The Morgan fingerprint density at radius 1 is 1.00 bits per heavy atom. The van der Waals surface area contributed by atoms with Crippen LogP contribution in [0, 0.1) is 11.8 Å². The second kappa shape index (κ2) is 7.00. The van der Waals surface area contributed by atoms with Gasteiger partial charge in [0.05, 0.1) is 0 Å². The number of hydrogen-bond donors (Lipinski definition) is 1. The average molecular weight is 293 g/mol. The van der Waals surface area contributed by atoms with Gasteiger partial charge in [-0.1, -0.05) is 52.4 Å². The molecule has 2 saturated carbocycles. The molecule has 0 aromatic heterocycles. The van der Waals surface area contributed by atoms with E-state index < -0.39 is 0 Å². The predicted octanol–water partition coefficient (Wildman–Crippen LogP) is 4.20. The van der Waals surface area contributed by atoms with Gasteiger partial charge < -0.3 is 5.32 Å². The highest BCUT2D eigenvalue weighted by atomic mass is 15.3. The maximum absolute atomic E-state index is 4.01. The largest absolute Gasteiger partial charge is 0.311 e. The lowest BCUT2D eigenvalue weighted by Gasteiger charge is -2.54. The van der Waals surface area contributed by atoms with E-state index in [9.17, 15) is 0 Å². The van der Waals surface area contributed by atoms with Gasteiger partial charge in [0.1, 0.15) is 0 Å². The molecular formula is C19H36N2. The maximum Gasteiger partial charge on any atom is 0.0334 e. The number of nitrogens with one attached hydrogen (secondary N) is 1. The van der Waals surface area contributed by atoms with Crippen molar-refractivity contribution in [3.05, 3.63) is 0 Å². The third kappa shape index (κ3) is 3.64. The Morgan fingerprint density at radius 3 is 2.33 bits per heavy atom. The molecule has 0 amide bonds. The van der Waals surface area contributed by atoms with Crippen LogP contribution in [0.1, 0.15) is 78.1 Å². The highest BCUT2D eigenvalue weighted by Gasteiger charge is 2.43. The van der Waals surface area contributed by atoms with E-state index in [4.69, 9.17) is 0 Å². The van der Waals surface area contributed by atoms with E-state index in [0.717, 1.165) is 17.9 Å². The second-order valence-corrected chi connectivity index (χ2v) is 8.47. The van der Waals surface area contributed by atoms with Crippen LogP contribution in [0.2, 0.25) is 0 Å². The molecule has 0 bridgehead atoms. The van der Waals surface area contributed by atoms with Gasteiger partial charge >= 0.3 is 0 Å². The van der Waals surface area contributed by atoms with Gasteiger partial charge in [-0.05, 0) is 37.5 Å². The predicted molar refractivity (Wildman–Crippen MR) is 90.6 cm³/mol. The zero-order chi connectivity index (χ0) is 14.7. The summed E-state index contributed by atoms with van der Waals surface area (Å²) in [5.74, 6) is 1.75. The summed E-state index contributed by atoms with van der Waals surface area (Å²) in [5, 5.41) is 4.01. The number of hydrogen-bond acceptors (Lipinski definition) is 2. The normalized spacial score (nSPS) is 31.9. The molecule has 3 aliphatic rings. The molecule has 122 valence electrons. The zero-order valence-corrected chi connectivity index (χ0v) is 14.4. The molecule has 1 heterocycles. The van der Waals surface area contributed by atoms with Gasteiger partial charge in [-0.25, -0.2) is 0 Å². The highest BCUT2D eigenvalue weighted by Crippen LogP contribution is 2.38. The molecule has 1 aliphatic heterocycles. The Hall–Kier alpha value is -0.0800. The minimum atomic E-state index is 0.508. The molecule has 0 radical (unpaired) electrons. The summed E-state index contributed by atoms with van der Waals surface area (Å²) >= 11 is 0. The fourth-order valence-corrected chi connectivity index (χ4v) is 5.19. The molecule has 1 unspecified atom stereocenters. The van der Waals surface area contributed by atoms with E-state index in [-0.39, 0.29) is 0 Å². The molecule has 0 aromatic carbocycles. The Morgan fingerprint density at radius 2 is 1.67 bits per heavy atom. The fourth-order valence-electron chi connectivity index (χ4n) is 5.19. The molecule has 2 aliphatic carbocycles. The Bertz CT molecular complexity index is 314. The van der Waals surface area contributed by atoms with Gasteiger partial charge in [-0.2, -0.15) is 0 Å². The first-order valence-electron chi connectivity index (χ1n) is 9.68. The molecular weight excluding hydrogens is 256 g/mol. The van der Waals surface area contributed by atoms with Gasteiger partial charge in [0.25, 0.3) is 0 Å². The lowest BCUT2D eigenvalue weighted by Crippen LogP contribution is -2.67. The molecule has 1 atom stereocenters. The number of piperazine rings is 1. The summed E-state index contributed by atoms with van der Waals surface area (Å²) in [5.41, 5.74) is 0.508. The van der Waals surface area contributed by atoms with Crippen LogP contribution < -0.4 is 5.32 Å². The van der Waals surface area contributed by atoms with E-state index in [0.29, 0.717) is 5.54 Å². The minimum absolute atomic E-state index is 0.508. The smallest absolute Gasteiger partial charge is 0.0334 e. The number of nitrogens with zero attached hydrogens (tertiary/aromatic N) is 1. The summed E-state index contributed by atoms with van der Waals surface area (Å²) in [6.07, 6.45) is 14.6. The zero-order valence-electron chi connectivity index (χ0n) is 14.4. The van der Waals surface area contributed by atoms with Crippen LogP contribution in [0.4, 0.5) is 0 Å². The topological polar surface area (TPSA) is 15.3 Å².